The highest BCUT2D eigenvalue weighted by molar-refractivity contribution is 7.71. The van der Waals surface area contributed by atoms with Gasteiger partial charge in [0.05, 0.1) is 23.0 Å². The van der Waals surface area contributed by atoms with Crippen LogP contribution >= 0.6 is 12.2 Å². The Morgan fingerprint density at radius 2 is 1.96 bits per heavy atom. The van der Waals surface area contributed by atoms with Gasteiger partial charge in [-0.1, -0.05) is 6.07 Å². The van der Waals surface area contributed by atoms with Gasteiger partial charge in [-0.2, -0.15) is 0 Å². The first-order chi connectivity index (χ1) is 11.1. The predicted molar refractivity (Wildman–Crippen MR) is 93.0 cm³/mol. The van der Waals surface area contributed by atoms with Crippen LogP contribution in [0.4, 0.5) is 0 Å². The van der Waals surface area contributed by atoms with Gasteiger partial charge in [0.2, 0.25) is 0 Å². The molecule has 5 N–H and O–H groups in total. The van der Waals surface area contributed by atoms with E-state index in [4.69, 9.17) is 17.3 Å². The molecule has 0 bridgehead atoms. The summed E-state index contributed by atoms with van der Waals surface area (Å²) in [6.45, 7) is 0. The van der Waals surface area contributed by atoms with Crippen molar-refractivity contribution < 1.29 is 10.2 Å². The minimum absolute atomic E-state index is 0.0761. The second kappa shape index (κ2) is 5.03. The average Bonchev–Trinajstić information content (AvgIpc) is 3.14. The number of hydrogen-bond donors (Lipinski definition) is 3. The molecule has 0 saturated carbocycles. The van der Waals surface area contributed by atoms with E-state index >= 15 is 0 Å². The molecule has 0 aliphatic heterocycles. The molecule has 0 aliphatic rings. The molecule has 6 heteroatoms. The second-order valence-electron chi connectivity index (χ2n) is 5.26. The van der Waals surface area contributed by atoms with Crippen LogP contribution in [0, 0.1) is 4.77 Å². The van der Waals surface area contributed by atoms with Gasteiger partial charge in [0.15, 0.2) is 4.77 Å². The highest BCUT2D eigenvalue weighted by Gasteiger charge is 2.17. The highest BCUT2D eigenvalue weighted by atomic mass is 32.1. The van der Waals surface area contributed by atoms with E-state index in [1.807, 2.05) is 35.0 Å². The fourth-order valence-corrected chi connectivity index (χ4v) is 3.08. The van der Waals surface area contributed by atoms with Crippen LogP contribution in [0.15, 0.2) is 54.9 Å². The first-order valence-corrected chi connectivity index (χ1v) is 7.48. The third-order valence-electron chi connectivity index (χ3n) is 3.87. The number of aromatic amines is 2. The molecule has 23 heavy (non-hydrogen) atoms. The van der Waals surface area contributed by atoms with E-state index in [0.717, 1.165) is 22.3 Å². The lowest BCUT2D eigenvalue weighted by molar-refractivity contribution is 0.451. The van der Waals surface area contributed by atoms with Crippen LogP contribution in [0.25, 0.3) is 27.8 Å². The van der Waals surface area contributed by atoms with Crippen LogP contribution in [-0.2, 0) is 0 Å². The Hall–Kier alpha value is -2.99. The summed E-state index contributed by atoms with van der Waals surface area (Å²) in [5.41, 5.74) is 3.45. The lowest BCUT2D eigenvalue weighted by Gasteiger charge is -2.10. The van der Waals surface area contributed by atoms with Crippen molar-refractivity contribution >= 4 is 23.1 Å². The molecule has 114 valence electrons. The van der Waals surface area contributed by atoms with Gasteiger partial charge in [-0.05, 0) is 42.5 Å². The number of fused-ring (bicyclic) bond motifs is 1. The molecule has 0 atom stereocenters. The first kappa shape index (κ1) is 13.7. The number of H-pyrrole nitrogens is 2. The Kier molecular flexibility index (Phi) is 2.99. The van der Waals surface area contributed by atoms with E-state index in [1.165, 1.54) is 6.07 Å². The van der Waals surface area contributed by atoms with Gasteiger partial charge in [-0.25, -0.2) is 0 Å². The average molecular weight is 324 g/mol. The zero-order valence-electron chi connectivity index (χ0n) is 12.0. The summed E-state index contributed by atoms with van der Waals surface area (Å²) in [7, 11) is 0. The van der Waals surface area contributed by atoms with Crippen molar-refractivity contribution in [2.24, 2.45) is 0 Å². The van der Waals surface area contributed by atoms with Crippen molar-refractivity contribution in [2.75, 3.05) is 0 Å². The smallest absolute Gasteiger partial charge is 0.267 e. The fraction of sp³-hybridized carbons (Fsp3) is 0. The number of imidazole rings is 1. The van der Waals surface area contributed by atoms with Gasteiger partial charge >= 0.3 is 0 Å². The van der Waals surface area contributed by atoms with Crippen molar-refractivity contribution in [2.45, 2.75) is 0 Å². The maximum Gasteiger partial charge on any atom is 0.267 e. The fourth-order valence-electron chi connectivity index (χ4n) is 2.83. The summed E-state index contributed by atoms with van der Waals surface area (Å²) in [5.74, 6) is 0.321. The van der Waals surface area contributed by atoms with Gasteiger partial charge in [0, 0.05) is 23.3 Å². The molecule has 2 aromatic heterocycles. The Labute approximate surface area is 136 Å². The quantitative estimate of drug-likeness (QED) is 0.387. The van der Waals surface area contributed by atoms with Crippen molar-refractivity contribution in [1.29, 1.82) is 0 Å². The number of rotatable bonds is 2. The normalized spacial score (nSPS) is 11.1. The molecule has 0 unspecified atom stereocenters. The summed E-state index contributed by atoms with van der Waals surface area (Å²) in [6, 6.07) is 12.7. The number of nitrogens with zero attached hydrogens (tertiary/aromatic N) is 1. The molecule has 2 heterocycles. The lowest BCUT2D eigenvalue weighted by Crippen LogP contribution is -1.97. The van der Waals surface area contributed by atoms with Crippen molar-refractivity contribution in [3.63, 3.8) is 0 Å². The molecule has 0 fully saturated rings. The molecular formula is C17H14N3O2S+. The number of aromatic nitrogens is 3. The van der Waals surface area contributed by atoms with Crippen LogP contribution in [0.3, 0.4) is 0 Å². The predicted octanol–water partition coefficient (Wildman–Crippen LogP) is 3.83. The van der Waals surface area contributed by atoms with Crippen LogP contribution < -0.4 is 0 Å². The Morgan fingerprint density at radius 3 is 2.78 bits per heavy atom. The minimum atomic E-state index is 0.0761. The van der Waals surface area contributed by atoms with Crippen LogP contribution in [0.1, 0.15) is 0 Å². The molecule has 5 nitrogen and oxygen atoms in total. The van der Waals surface area contributed by atoms with E-state index in [2.05, 4.69) is 9.97 Å². The molecule has 0 radical (unpaired) electrons. The summed E-state index contributed by atoms with van der Waals surface area (Å²) in [4.78, 5) is 6.25. The zero-order valence-corrected chi connectivity index (χ0v) is 12.8. The summed E-state index contributed by atoms with van der Waals surface area (Å²) in [5, 5.41) is 18.7. The van der Waals surface area contributed by atoms with Crippen LogP contribution in [0.5, 0.6) is 11.5 Å². The molecular weight excluding hydrogens is 310 g/mol. The summed E-state index contributed by atoms with van der Waals surface area (Å²) >= 11 is 5.45. The summed E-state index contributed by atoms with van der Waals surface area (Å²) < 4.78 is 2.47. The monoisotopic (exact) mass is 324 g/mol. The Balaban J connectivity index is 2.03. The molecule has 0 amide bonds. The minimum Gasteiger partial charge on any atom is -0.593 e. The van der Waals surface area contributed by atoms with E-state index in [-0.39, 0.29) is 11.5 Å². The number of nitrogens with one attached hydrogen (secondary N) is 2. The van der Waals surface area contributed by atoms with E-state index in [0.29, 0.717) is 10.3 Å². The third-order valence-corrected chi connectivity index (χ3v) is 4.17. The third kappa shape index (κ3) is 2.11. The molecule has 0 saturated heterocycles. The Bertz CT molecular complexity index is 1070. The number of aromatic hydroxyl groups is 1. The van der Waals surface area contributed by atoms with Crippen molar-refractivity contribution in [3.05, 3.63) is 59.6 Å². The topological polar surface area (TPSA) is 79.6 Å². The largest absolute Gasteiger partial charge is 0.593 e. The summed E-state index contributed by atoms with van der Waals surface area (Å²) in [6.07, 6.45) is 3.68. The van der Waals surface area contributed by atoms with Gasteiger partial charge in [0.25, 0.3) is 5.75 Å². The van der Waals surface area contributed by atoms with E-state index in [9.17, 15) is 5.11 Å². The van der Waals surface area contributed by atoms with E-state index in [1.54, 1.807) is 18.3 Å². The zero-order chi connectivity index (χ0) is 16.0. The highest BCUT2D eigenvalue weighted by Crippen LogP contribution is 2.34. The molecule has 0 aliphatic carbocycles. The van der Waals surface area contributed by atoms with Gasteiger partial charge in [-0.15, -0.1) is 0 Å². The SMILES string of the molecule is Oc1ccc(-c2c[nH]c(=S)n2-c2cccc3[nH]ccc23)c([OH2+])c1. The van der Waals surface area contributed by atoms with Crippen molar-refractivity contribution in [1.82, 2.24) is 14.5 Å². The maximum absolute atomic E-state index is 9.53. The maximum atomic E-state index is 9.53. The number of phenols is 1. The standard InChI is InChI=1S/C17H13N3O2S/c21-10-4-5-12(16(22)8-10)15-9-19-17(23)20(15)14-3-1-2-13-11(14)6-7-18-13/h1-9,18,21-22H,(H,19,23)/p+1. The molecule has 4 aromatic rings. The molecule has 2 aromatic carbocycles. The number of benzene rings is 2. The first-order valence-electron chi connectivity index (χ1n) is 7.07. The second-order valence-corrected chi connectivity index (χ2v) is 5.65. The number of phenolic OH excluding ortho intramolecular Hbond substituents is 1. The van der Waals surface area contributed by atoms with Gasteiger partial charge < -0.3 is 20.2 Å². The number of hydrogen-bond acceptors (Lipinski definition) is 2. The van der Waals surface area contributed by atoms with Crippen LogP contribution in [-0.4, -0.2) is 24.7 Å². The van der Waals surface area contributed by atoms with Gasteiger partial charge in [0.1, 0.15) is 5.75 Å². The lowest BCUT2D eigenvalue weighted by atomic mass is 10.1. The van der Waals surface area contributed by atoms with E-state index < -0.39 is 0 Å². The van der Waals surface area contributed by atoms with Crippen LogP contribution in [0.2, 0.25) is 0 Å². The van der Waals surface area contributed by atoms with Crippen molar-refractivity contribution in [3.8, 4) is 28.4 Å². The van der Waals surface area contributed by atoms with Gasteiger partial charge in [-0.3, -0.25) is 4.57 Å². The Morgan fingerprint density at radius 1 is 1.09 bits per heavy atom. The molecule has 4 rings (SSSR count). The molecule has 0 spiro atoms.